The first-order valence-corrected chi connectivity index (χ1v) is 4.06. The van der Waals surface area contributed by atoms with Crippen molar-refractivity contribution in [2.45, 2.75) is 12.5 Å². The van der Waals surface area contributed by atoms with Gasteiger partial charge in [-0.25, -0.2) is 0 Å². The number of rotatable bonds is 4. The Hall–Kier alpha value is -1.75. The van der Waals surface area contributed by atoms with E-state index in [4.69, 9.17) is 6.42 Å². The third kappa shape index (κ3) is 3.00. The molecule has 1 rings (SSSR count). The highest BCUT2D eigenvalue weighted by Crippen LogP contribution is 2.01. The zero-order chi connectivity index (χ0) is 9.52. The van der Waals surface area contributed by atoms with E-state index in [1.54, 1.807) is 0 Å². The van der Waals surface area contributed by atoms with Crippen molar-refractivity contribution in [3.63, 3.8) is 0 Å². The van der Waals surface area contributed by atoms with E-state index in [0.29, 0.717) is 12.8 Å². The molecule has 2 nitrogen and oxygen atoms in total. The summed E-state index contributed by atoms with van der Waals surface area (Å²) in [6.45, 7) is 0. The molecule has 66 valence electrons. The van der Waals surface area contributed by atoms with Crippen molar-refractivity contribution in [3.8, 4) is 12.3 Å². The average molecular weight is 173 g/mol. The molecule has 1 N–H and O–H groups in total. The molecule has 13 heavy (non-hydrogen) atoms. The lowest BCUT2D eigenvalue weighted by Gasteiger charge is -2.08. The van der Waals surface area contributed by atoms with Gasteiger partial charge in [0.15, 0.2) is 0 Å². The minimum absolute atomic E-state index is 0.208. The first-order valence-electron chi connectivity index (χ1n) is 4.06. The number of amides is 1. The Balaban J connectivity index is 2.58. The minimum atomic E-state index is -0.208. The summed E-state index contributed by atoms with van der Waals surface area (Å²) in [5.41, 5.74) is 1.12. The number of terminal acetylenes is 1. The van der Waals surface area contributed by atoms with Gasteiger partial charge < -0.3 is 5.32 Å². The van der Waals surface area contributed by atoms with Gasteiger partial charge in [0.2, 0.25) is 6.41 Å². The minimum Gasteiger partial charge on any atom is -0.345 e. The van der Waals surface area contributed by atoms with Gasteiger partial charge in [0.25, 0.3) is 0 Å². The van der Waals surface area contributed by atoms with Gasteiger partial charge >= 0.3 is 0 Å². The summed E-state index contributed by atoms with van der Waals surface area (Å²) in [4.78, 5) is 10.2. The molecule has 0 aliphatic rings. The second kappa shape index (κ2) is 5.00. The van der Waals surface area contributed by atoms with Crippen LogP contribution in [0, 0.1) is 12.3 Å². The van der Waals surface area contributed by atoms with Gasteiger partial charge in [0, 0.05) is 6.42 Å². The summed E-state index contributed by atoms with van der Waals surface area (Å²) in [7, 11) is 0. The molecule has 1 atom stereocenters. The Kier molecular flexibility index (Phi) is 3.59. The van der Waals surface area contributed by atoms with Crippen molar-refractivity contribution >= 4 is 6.41 Å². The van der Waals surface area contributed by atoms with Crippen molar-refractivity contribution in [1.29, 1.82) is 0 Å². The van der Waals surface area contributed by atoms with E-state index in [2.05, 4.69) is 11.2 Å². The number of hydrogen-bond acceptors (Lipinski definition) is 1. The predicted octanol–water partition coefficient (Wildman–Crippen LogP) is 0.977. The van der Waals surface area contributed by atoms with Crippen LogP contribution in [-0.4, -0.2) is 12.5 Å². The summed E-state index contributed by atoms with van der Waals surface area (Å²) < 4.78 is 0. The van der Waals surface area contributed by atoms with E-state index in [1.165, 1.54) is 0 Å². The fourth-order valence-electron chi connectivity index (χ4n) is 1.10. The van der Waals surface area contributed by atoms with Crippen LogP contribution in [0.2, 0.25) is 0 Å². The van der Waals surface area contributed by atoms with Gasteiger partial charge in [-0.15, -0.1) is 6.42 Å². The van der Waals surface area contributed by atoms with Crippen LogP contribution in [0.3, 0.4) is 0 Å². The second-order valence-electron chi connectivity index (χ2n) is 2.69. The number of nitrogens with one attached hydrogen (secondary N) is 1. The monoisotopic (exact) mass is 173 g/mol. The predicted molar refractivity (Wildman–Crippen MR) is 52.0 cm³/mol. The molecule has 0 spiro atoms. The van der Waals surface area contributed by atoms with Crippen LogP contribution >= 0.6 is 0 Å². The Labute approximate surface area is 78.0 Å². The Morgan fingerprint density at radius 1 is 1.46 bits per heavy atom. The number of carbonyl (C=O) groups excluding carboxylic acids is 1. The normalized spacial score (nSPS) is 11.3. The zero-order valence-corrected chi connectivity index (χ0v) is 7.23. The third-order valence-corrected chi connectivity index (χ3v) is 1.75. The van der Waals surface area contributed by atoms with Crippen LogP contribution in [-0.2, 0) is 11.2 Å². The maximum atomic E-state index is 10.2. The average Bonchev–Trinajstić information content (AvgIpc) is 2.19. The lowest BCUT2D eigenvalue weighted by Crippen LogP contribution is -2.28. The molecule has 0 fully saturated rings. The van der Waals surface area contributed by atoms with E-state index >= 15 is 0 Å². The zero-order valence-electron chi connectivity index (χ0n) is 7.23. The first-order chi connectivity index (χ1) is 6.36. The van der Waals surface area contributed by atoms with Crippen molar-refractivity contribution in [1.82, 2.24) is 5.32 Å². The van der Waals surface area contributed by atoms with Gasteiger partial charge in [0.05, 0.1) is 6.04 Å². The van der Waals surface area contributed by atoms with Crippen molar-refractivity contribution in [3.05, 3.63) is 35.9 Å². The maximum absolute atomic E-state index is 10.2. The molecule has 0 aliphatic heterocycles. The topological polar surface area (TPSA) is 29.1 Å². The Morgan fingerprint density at radius 3 is 2.69 bits per heavy atom. The van der Waals surface area contributed by atoms with Gasteiger partial charge in [-0.05, 0) is 5.56 Å². The fourth-order valence-corrected chi connectivity index (χ4v) is 1.10. The Morgan fingerprint density at radius 2 is 2.15 bits per heavy atom. The standard InChI is InChI=1S/C11H11NO/c1-2-11(12-9-13)8-10-6-4-3-5-7-10/h1,3-7,9,11H,8H2,(H,12,13). The molecular weight excluding hydrogens is 162 g/mol. The molecule has 0 heterocycles. The largest absolute Gasteiger partial charge is 0.345 e. The smallest absolute Gasteiger partial charge is 0.208 e. The molecule has 2 heteroatoms. The van der Waals surface area contributed by atoms with Crippen molar-refractivity contribution in [2.75, 3.05) is 0 Å². The van der Waals surface area contributed by atoms with Crippen LogP contribution in [0.1, 0.15) is 5.56 Å². The van der Waals surface area contributed by atoms with Crippen molar-refractivity contribution in [2.24, 2.45) is 0 Å². The van der Waals surface area contributed by atoms with Crippen LogP contribution in [0.5, 0.6) is 0 Å². The molecule has 0 radical (unpaired) electrons. The maximum Gasteiger partial charge on any atom is 0.208 e. The summed E-state index contributed by atoms with van der Waals surface area (Å²) >= 11 is 0. The van der Waals surface area contributed by atoms with Gasteiger partial charge in [-0.3, -0.25) is 4.79 Å². The van der Waals surface area contributed by atoms with Crippen LogP contribution in [0.15, 0.2) is 30.3 Å². The number of carbonyl (C=O) groups is 1. The van der Waals surface area contributed by atoms with E-state index in [9.17, 15) is 4.79 Å². The third-order valence-electron chi connectivity index (χ3n) is 1.75. The highest BCUT2D eigenvalue weighted by Gasteiger charge is 2.02. The molecule has 1 aromatic carbocycles. The van der Waals surface area contributed by atoms with E-state index in [1.807, 2.05) is 30.3 Å². The molecule has 0 aliphatic carbocycles. The summed E-state index contributed by atoms with van der Waals surface area (Å²) in [5.74, 6) is 2.51. The molecule has 0 bridgehead atoms. The molecular formula is C11H11NO. The molecule has 1 amide bonds. The fraction of sp³-hybridized carbons (Fsp3) is 0.182. The Bertz CT molecular complexity index is 300. The van der Waals surface area contributed by atoms with E-state index in [-0.39, 0.29) is 6.04 Å². The van der Waals surface area contributed by atoms with E-state index in [0.717, 1.165) is 5.56 Å². The molecule has 1 unspecified atom stereocenters. The summed E-state index contributed by atoms with van der Waals surface area (Å²) in [5, 5.41) is 2.56. The lowest BCUT2D eigenvalue weighted by atomic mass is 10.1. The summed E-state index contributed by atoms with van der Waals surface area (Å²) in [6, 6.07) is 9.60. The van der Waals surface area contributed by atoms with Gasteiger partial charge in [-0.2, -0.15) is 0 Å². The first kappa shape index (κ1) is 9.34. The highest BCUT2D eigenvalue weighted by atomic mass is 16.1. The second-order valence-corrected chi connectivity index (χ2v) is 2.69. The quantitative estimate of drug-likeness (QED) is 0.533. The van der Waals surface area contributed by atoms with E-state index < -0.39 is 0 Å². The van der Waals surface area contributed by atoms with Crippen LogP contribution in [0.4, 0.5) is 0 Å². The van der Waals surface area contributed by atoms with Gasteiger partial charge in [-0.1, -0.05) is 36.3 Å². The number of hydrogen-bond donors (Lipinski definition) is 1. The lowest BCUT2D eigenvalue weighted by molar-refractivity contribution is -0.109. The van der Waals surface area contributed by atoms with Crippen LogP contribution < -0.4 is 5.32 Å². The van der Waals surface area contributed by atoms with Crippen LogP contribution in [0.25, 0.3) is 0 Å². The summed E-state index contributed by atoms with van der Waals surface area (Å²) in [6.07, 6.45) is 6.54. The van der Waals surface area contributed by atoms with Crippen molar-refractivity contribution < 1.29 is 4.79 Å². The number of benzene rings is 1. The SMILES string of the molecule is C#CC(Cc1ccccc1)NC=O. The molecule has 0 aromatic heterocycles. The molecule has 1 aromatic rings. The molecule has 0 saturated carbocycles. The molecule has 0 saturated heterocycles. The van der Waals surface area contributed by atoms with Gasteiger partial charge in [0.1, 0.15) is 0 Å². The highest BCUT2D eigenvalue weighted by molar-refractivity contribution is 5.48.